The van der Waals surface area contributed by atoms with Crippen LogP contribution < -0.4 is 5.32 Å². The van der Waals surface area contributed by atoms with E-state index < -0.39 is 0 Å². The molecule has 0 unspecified atom stereocenters. The second-order valence-electron chi connectivity index (χ2n) is 4.64. The Bertz CT molecular complexity index is 467. The van der Waals surface area contributed by atoms with E-state index in [9.17, 15) is 9.59 Å². The molecular weight excluding hydrogens is 262 g/mol. The van der Waals surface area contributed by atoms with Crippen molar-refractivity contribution in [3.8, 4) is 0 Å². The van der Waals surface area contributed by atoms with Gasteiger partial charge in [-0.15, -0.1) is 11.3 Å². The molecule has 4 nitrogen and oxygen atoms in total. The van der Waals surface area contributed by atoms with Crippen molar-refractivity contribution in [1.82, 2.24) is 5.32 Å². The van der Waals surface area contributed by atoms with Gasteiger partial charge in [0.15, 0.2) is 5.78 Å². The van der Waals surface area contributed by atoms with E-state index in [-0.39, 0.29) is 43.1 Å². The van der Waals surface area contributed by atoms with E-state index in [1.54, 1.807) is 6.07 Å². The summed E-state index contributed by atoms with van der Waals surface area (Å²) in [5, 5.41) is 13.7. The van der Waals surface area contributed by atoms with Crippen molar-refractivity contribution in [3.05, 3.63) is 34.5 Å². The molecule has 5 heteroatoms. The van der Waals surface area contributed by atoms with Crippen molar-refractivity contribution in [2.75, 3.05) is 6.61 Å². The minimum Gasteiger partial charge on any atom is -0.396 e. The van der Waals surface area contributed by atoms with Crippen LogP contribution in [0.5, 0.6) is 0 Å². The Morgan fingerprint density at radius 1 is 1.37 bits per heavy atom. The molecule has 1 aliphatic rings. The molecule has 1 aliphatic carbocycles. The highest BCUT2D eigenvalue weighted by Gasteiger charge is 2.20. The molecule has 1 aromatic rings. The van der Waals surface area contributed by atoms with E-state index in [2.05, 4.69) is 5.32 Å². The maximum atomic E-state index is 11.7. The van der Waals surface area contributed by atoms with Gasteiger partial charge in [-0.1, -0.05) is 18.2 Å². The van der Waals surface area contributed by atoms with Gasteiger partial charge >= 0.3 is 0 Å². The molecule has 0 radical (unpaired) electrons. The Morgan fingerprint density at radius 2 is 2.21 bits per heavy atom. The number of carbonyl (C=O) groups excluding carboxylic acids is 2. The third-order valence-electron chi connectivity index (χ3n) is 3.13. The van der Waals surface area contributed by atoms with Crippen LogP contribution in [0.4, 0.5) is 0 Å². The lowest BCUT2D eigenvalue weighted by atomic mass is 10.1. The summed E-state index contributed by atoms with van der Waals surface area (Å²) >= 11 is 1.40. The van der Waals surface area contributed by atoms with Crippen LogP contribution in [0, 0.1) is 5.92 Å². The van der Waals surface area contributed by atoms with Crippen LogP contribution in [0.25, 0.3) is 0 Å². The Balaban J connectivity index is 1.71. The van der Waals surface area contributed by atoms with Gasteiger partial charge in [0, 0.05) is 31.4 Å². The monoisotopic (exact) mass is 279 g/mol. The number of carbonyl (C=O) groups is 2. The minimum atomic E-state index is -0.113. The largest absolute Gasteiger partial charge is 0.396 e. The third kappa shape index (κ3) is 4.01. The van der Waals surface area contributed by atoms with Gasteiger partial charge in [-0.05, 0) is 17.9 Å². The summed E-state index contributed by atoms with van der Waals surface area (Å²) in [5.74, 6) is 0.0385. The zero-order valence-electron chi connectivity index (χ0n) is 10.5. The molecule has 2 atom stereocenters. The SMILES string of the molecule is O=C(CCC(=O)c1cccs1)N[C@@H]1C=C[C@H](CO)C1. The van der Waals surface area contributed by atoms with E-state index >= 15 is 0 Å². The number of ketones is 1. The van der Waals surface area contributed by atoms with Crippen molar-refractivity contribution >= 4 is 23.0 Å². The molecule has 1 amide bonds. The van der Waals surface area contributed by atoms with Crippen LogP contribution in [-0.4, -0.2) is 29.4 Å². The van der Waals surface area contributed by atoms with Crippen molar-refractivity contribution in [1.29, 1.82) is 0 Å². The molecule has 0 aromatic carbocycles. The van der Waals surface area contributed by atoms with E-state index in [0.717, 1.165) is 6.42 Å². The third-order valence-corrected chi connectivity index (χ3v) is 4.04. The maximum absolute atomic E-state index is 11.7. The highest BCUT2D eigenvalue weighted by molar-refractivity contribution is 7.12. The van der Waals surface area contributed by atoms with Gasteiger partial charge in [0.1, 0.15) is 0 Å². The minimum absolute atomic E-state index is 0.0125. The van der Waals surface area contributed by atoms with Crippen molar-refractivity contribution in [2.45, 2.75) is 25.3 Å². The smallest absolute Gasteiger partial charge is 0.220 e. The van der Waals surface area contributed by atoms with Crippen LogP contribution in [0.15, 0.2) is 29.7 Å². The average Bonchev–Trinajstić information content (AvgIpc) is 3.06. The summed E-state index contributed by atoms with van der Waals surface area (Å²) in [6.07, 6.45) is 5.01. The summed E-state index contributed by atoms with van der Waals surface area (Å²) < 4.78 is 0. The molecule has 0 aliphatic heterocycles. The molecule has 2 N–H and O–H groups in total. The lowest BCUT2D eigenvalue weighted by Crippen LogP contribution is -2.33. The zero-order chi connectivity index (χ0) is 13.7. The fraction of sp³-hybridized carbons (Fsp3) is 0.429. The second kappa shape index (κ2) is 6.63. The van der Waals surface area contributed by atoms with E-state index in [0.29, 0.717) is 4.88 Å². The van der Waals surface area contributed by atoms with Gasteiger partial charge in [-0.2, -0.15) is 0 Å². The van der Waals surface area contributed by atoms with Crippen molar-refractivity contribution in [2.24, 2.45) is 5.92 Å². The van der Waals surface area contributed by atoms with E-state index in [1.807, 2.05) is 23.6 Å². The molecule has 19 heavy (non-hydrogen) atoms. The van der Waals surface area contributed by atoms with Crippen LogP contribution in [0.2, 0.25) is 0 Å². The number of rotatable bonds is 6. The number of hydrogen-bond acceptors (Lipinski definition) is 4. The predicted molar refractivity (Wildman–Crippen MR) is 74.1 cm³/mol. The lowest BCUT2D eigenvalue weighted by molar-refractivity contribution is -0.121. The van der Waals surface area contributed by atoms with Crippen LogP contribution >= 0.6 is 11.3 Å². The summed E-state index contributed by atoms with van der Waals surface area (Å²) in [6, 6.07) is 3.59. The highest BCUT2D eigenvalue weighted by Crippen LogP contribution is 2.17. The second-order valence-corrected chi connectivity index (χ2v) is 5.59. The Labute approximate surface area is 116 Å². The standard InChI is InChI=1S/C14H17NO3S/c16-9-10-3-4-11(8-10)15-14(18)6-5-12(17)13-2-1-7-19-13/h1-4,7,10-11,16H,5-6,8-9H2,(H,15,18)/t10-,11+/m0/s1. The summed E-state index contributed by atoms with van der Waals surface area (Å²) in [5.41, 5.74) is 0. The maximum Gasteiger partial charge on any atom is 0.220 e. The number of thiophene rings is 1. The average molecular weight is 279 g/mol. The fourth-order valence-electron chi connectivity index (χ4n) is 2.08. The van der Waals surface area contributed by atoms with Crippen LogP contribution in [0.1, 0.15) is 28.9 Å². The molecule has 1 heterocycles. The number of aliphatic hydroxyl groups excluding tert-OH is 1. The number of aliphatic hydroxyl groups is 1. The zero-order valence-corrected chi connectivity index (χ0v) is 11.4. The van der Waals surface area contributed by atoms with Gasteiger partial charge in [0.25, 0.3) is 0 Å². The molecule has 0 bridgehead atoms. The first kappa shape index (κ1) is 14.0. The molecule has 2 rings (SSSR count). The van der Waals surface area contributed by atoms with Gasteiger partial charge in [-0.25, -0.2) is 0 Å². The molecule has 1 aromatic heterocycles. The normalized spacial score (nSPS) is 21.5. The Hall–Kier alpha value is -1.46. The van der Waals surface area contributed by atoms with Gasteiger partial charge in [-0.3, -0.25) is 9.59 Å². The number of hydrogen-bond donors (Lipinski definition) is 2. The fourth-order valence-corrected chi connectivity index (χ4v) is 2.78. The molecular formula is C14H17NO3S. The van der Waals surface area contributed by atoms with Crippen molar-refractivity contribution < 1.29 is 14.7 Å². The van der Waals surface area contributed by atoms with Crippen molar-refractivity contribution in [3.63, 3.8) is 0 Å². The highest BCUT2D eigenvalue weighted by atomic mass is 32.1. The molecule has 0 fully saturated rings. The van der Waals surface area contributed by atoms with E-state index in [4.69, 9.17) is 5.11 Å². The lowest BCUT2D eigenvalue weighted by Gasteiger charge is -2.12. The van der Waals surface area contributed by atoms with Gasteiger partial charge in [0.2, 0.25) is 5.91 Å². The summed E-state index contributed by atoms with van der Waals surface area (Å²) in [4.78, 5) is 24.1. The topological polar surface area (TPSA) is 66.4 Å². The first-order valence-corrected chi connectivity index (χ1v) is 7.22. The number of Topliss-reactive ketones (excluding diaryl/α,β-unsaturated/α-hetero) is 1. The Kier molecular flexibility index (Phi) is 4.87. The molecule has 0 saturated carbocycles. The summed E-state index contributed by atoms with van der Waals surface area (Å²) in [7, 11) is 0. The molecule has 0 spiro atoms. The quantitative estimate of drug-likeness (QED) is 0.616. The molecule has 0 saturated heterocycles. The number of amides is 1. The first-order valence-electron chi connectivity index (χ1n) is 6.34. The van der Waals surface area contributed by atoms with Gasteiger partial charge < -0.3 is 10.4 Å². The molecule has 102 valence electrons. The first-order chi connectivity index (χ1) is 9.19. The van der Waals surface area contributed by atoms with Gasteiger partial charge in [0.05, 0.1) is 4.88 Å². The Morgan fingerprint density at radius 3 is 2.84 bits per heavy atom. The van der Waals surface area contributed by atoms with E-state index in [1.165, 1.54) is 11.3 Å². The summed E-state index contributed by atoms with van der Waals surface area (Å²) in [6.45, 7) is 0.111. The number of nitrogens with one attached hydrogen (secondary N) is 1. The van der Waals surface area contributed by atoms with Crippen LogP contribution in [0.3, 0.4) is 0 Å². The predicted octanol–water partition coefficient (Wildman–Crippen LogP) is 1.76. The van der Waals surface area contributed by atoms with Crippen LogP contribution in [-0.2, 0) is 4.79 Å².